The molecular weight excluding hydrogens is 178 g/mol. The fourth-order valence-corrected chi connectivity index (χ4v) is 2.37. The SMILES string of the molecule is CN1CCC(N2CCC(N)CC2)C1=O. The van der Waals surface area contributed by atoms with E-state index >= 15 is 0 Å². The summed E-state index contributed by atoms with van der Waals surface area (Å²) in [5.41, 5.74) is 5.84. The number of hydrogen-bond donors (Lipinski definition) is 1. The molecule has 4 heteroatoms. The molecule has 0 aromatic rings. The highest BCUT2D eigenvalue weighted by molar-refractivity contribution is 5.83. The third-order valence-corrected chi connectivity index (χ3v) is 3.41. The molecule has 2 saturated heterocycles. The maximum Gasteiger partial charge on any atom is 0.239 e. The summed E-state index contributed by atoms with van der Waals surface area (Å²) in [5.74, 6) is 0.292. The normalized spacial score (nSPS) is 31.4. The summed E-state index contributed by atoms with van der Waals surface area (Å²) in [6, 6.07) is 0.494. The number of carbonyl (C=O) groups is 1. The van der Waals surface area contributed by atoms with Crippen LogP contribution >= 0.6 is 0 Å². The first kappa shape index (κ1) is 9.93. The van der Waals surface area contributed by atoms with E-state index in [9.17, 15) is 4.79 Å². The van der Waals surface area contributed by atoms with Gasteiger partial charge >= 0.3 is 0 Å². The summed E-state index contributed by atoms with van der Waals surface area (Å²) in [5, 5.41) is 0. The van der Waals surface area contributed by atoms with Crippen LogP contribution in [0.2, 0.25) is 0 Å². The minimum absolute atomic E-state index is 0.146. The molecule has 2 N–H and O–H groups in total. The zero-order valence-electron chi connectivity index (χ0n) is 8.78. The van der Waals surface area contributed by atoms with Crippen molar-refractivity contribution in [2.75, 3.05) is 26.7 Å². The Kier molecular flexibility index (Phi) is 2.74. The average Bonchev–Trinajstić information content (AvgIpc) is 2.50. The molecule has 2 fully saturated rings. The molecule has 1 atom stereocenters. The molecular formula is C10H19N3O. The van der Waals surface area contributed by atoms with Crippen molar-refractivity contribution >= 4 is 5.91 Å². The first-order valence-corrected chi connectivity index (χ1v) is 5.43. The van der Waals surface area contributed by atoms with Gasteiger partial charge in [-0.05, 0) is 19.3 Å². The summed E-state index contributed by atoms with van der Waals surface area (Å²) in [4.78, 5) is 15.9. The third kappa shape index (κ3) is 1.77. The van der Waals surface area contributed by atoms with E-state index in [4.69, 9.17) is 5.73 Å². The van der Waals surface area contributed by atoms with Crippen LogP contribution in [0.1, 0.15) is 19.3 Å². The van der Waals surface area contributed by atoms with Crippen LogP contribution in [0.5, 0.6) is 0 Å². The largest absolute Gasteiger partial charge is 0.344 e. The number of likely N-dealkylation sites (tertiary alicyclic amines) is 2. The van der Waals surface area contributed by atoms with Gasteiger partial charge in [0.1, 0.15) is 0 Å². The highest BCUT2D eigenvalue weighted by atomic mass is 16.2. The Bertz CT molecular complexity index is 223. The van der Waals surface area contributed by atoms with Crippen molar-refractivity contribution in [1.82, 2.24) is 9.80 Å². The van der Waals surface area contributed by atoms with Crippen molar-refractivity contribution in [2.45, 2.75) is 31.3 Å². The molecule has 4 nitrogen and oxygen atoms in total. The van der Waals surface area contributed by atoms with E-state index in [0.717, 1.165) is 38.9 Å². The van der Waals surface area contributed by atoms with Crippen molar-refractivity contribution in [1.29, 1.82) is 0 Å². The smallest absolute Gasteiger partial charge is 0.239 e. The second-order valence-electron chi connectivity index (χ2n) is 4.44. The Balaban J connectivity index is 1.93. The molecule has 0 bridgehead atoms. The molecule has 2 aliphatic rings. The van der Waals surface area contributed by atoms with Crippen LogP contribution in [0.4, 0.5) is 0 Å². The van der Waals surface area contributed by atoms with Crippen LogP contribution in [0.25, 0.3) is 0 Å². The standard InChI is InChI=1S/C10H19N3O/c1-12-5-4-9(10(12)14)13-6-2-8(11)3-7-13/h8-9H,2-7,11H2,1H3. The number of piperidine rings is 1. The molecule has 0 radical (unpaired) electrons. The van der Waals surface area contributed by atoms with E-state index < -0.39 is 0 Å². The van der Waals surface area contributed by atoms with Gasteiger partial charge < -0.3 is 10.6 Å². The monoisotopic (exact) mass is 197 g/mol. The molecule has 14 heavy (non-hydrogen) atoms. The van der Waals surface area contributed by atoms with Crippen LogP contribution in [0.3, 0.4) is 0 Å². The first-order chi connectivity index (χ1) is 6.68. The van der Waals surface area contributed by atoms with Gasteiger partial charge in [-0.3, -0.25) is 9.69 Å². The highest BCUT2D eigenvalue weighted by Crippen LogP contribution is 2.19. The Labute approximate surface area is 85.0 Å². The third-order valence-electron chi connectivity index (χ3n) is 3.41. The molecule has 1 amide bonds. The molecule has 0 aromatic carbocycles. The number of amides is 1. The quantitative estimate of drug-likeness (QED) is 0.624. The predicted octanol–water partition coefficient (Wildman–Crippen LogP) is -0.360. The van der Waals surface area contributed by atoms with Gasteiger partial charge in [-0.2, -0.15) is 0 Å². The van der Waals surface area contributed by atoms with E-state index in [1.54, 1.807) is 0 Å². The van der Waals surface area contributed by atoms with Gasteiger partial charge in [0.25, 0.3) is 0 Å². The molecule has 2 rings (SSSR count). The lowest BCUT2D eigenvalue weighted by molar-refractivity contribution is -0.131. The minimum atomic E-state index is 0.146. The van der Waals surface area contributed by atoms with Crippen LogP contribution in [0.15, 0.2) is 0 Å². The highest BCUT2D eigenvalue weighted by Gasteiger charge is 2.35. The van der Waals surface area contributed by atoms with E-state index in [1.807, 2.05) is 11.9 Å². The first-order valence-electron chi connectivity index (χ1n) is 5.43. The molecule has 80 valence electrons. The van der Waals surface area contributed by atoms with Gasteiger partial charge in [-0.1, -0.05) is 0 Å². The van der Waals surface area contributed by atoms with Gasteiger partial charge in [0.15, 0.2) is 0 Å². The summed E-state index contributed by atoms with van der Waals surface area (Å²) in [6.45, 7) is 2.89. The Morgan fingerprint density at radius 3 is 2.36 bits per heavy atom. The zero-order valence-corrected chi connectivity index (χ0v) is 8.78. The lowest BCUT2D eigenvalue weighted by atomic mass is 10.0. The number of carbonyl (C=O) groups excluding carboxylic acids is 1. The number of likely N-dealkylation sites (N-methyl/N-ethyl adjacent to an activating group) is 1. The molecule has 0 aromatic heterocycles. The van der Waals surface area contributed by atoms with Gasteiger partial charge in [0.05, 0.1) is 6.04 Å². The number of nitrogens with zero attached hydrogens (tertiary/aromatic N) is 2. The summed E-state index contributed by atoms with van der Waals surface area (Å²) >= 11 is 0. The van der Waals surface area contributed by atoms with E-state index in [1.165, 1.54) is 0 Å². The van der Waals surface area contributed by atoms with Crippen LogP contribution in [-0.4, -0.2) is 54.5 Å². The van der Waals surface area contributed by atoms with Crippen LogP contribution in [-0.2, 0) is 4.79 Å². The summed E-state index contributed by atoms with van der Waals surface area (Å²) < 4.78 is 0. The average molecular weight is 197 g/mol. The maximum atomic E-state index is 11.7. The van der Waals surface area contributed by atoms with Gasteiger partial charge in [0.2, 0.25) is 5.91 Å². The topological polar surface area (TPSA) is 49.6 Å². The fraction of sp³-hybridized carbons (Fsp3) is 0.900. The van der Waals surface area contributed by atoms with Gasteiger partial charge in [0, 0.05) is 32.7 Å². The number of nitrogens with two attached hydrogens (primary N) is 1. The van der Waals surface area contributed by atoms with Gasteiger partial charge in [-0.15, -0.1) is 0 Å². The van der Waals surface area contributed by atoms with E-state index in [0.29, 0.717) is 11.9 Å². The zero-order chi connectivity index (χ0) is 10.1. The Morgan fingerprint density at radius 2 is 1.86 bits per heavy atom. The number of rotatable bonds is 1. The second kappa shape index (κ2) is 3.87. The Morgan fingerprint density at radius 1 is 1.21 bits per heavy atom. The molecule has 0 saturated carbocycles. The van der Waals surface area contributed by atoms with Crippen molar-refractivity contribution in [3.8, 4) is 0 Å². The Hall–Kier alpha value is -0.610. The molecule has 2 aliphatic heterocycles. The van der Waals surface area contributed by atoms with Crippen molar-refractivity contribution in [3.63, 3.8) is 0 Å². The van der Waals surface area contributed by atoms with Crippen LogP contribution < -0.4 is 5.73 Å². The minimum Gasteiger partial charge on any atom is -0.344 e. The van der Waals surface area contributed by atoms with Gasteiger partial charge in [-0.25, -0.2) is 0 Å². The molecule has 1 unspecified atom stereocenters. The number of hydrogen-bond acceptors (Lipinski definition) is 3. The lowest BCUT2D eigenvalue weighted by Gasteiger charge is -2.33. The van der Waals surface area contributed by atoms with E-state index in [-0.39, 0.29) is 6.04 Å². The second-order valence-corrected chi connectivity index (χ2v) is 4.44. The molecule has 0 aliphatic carbocycles. The molecule has 2 heterocycles. The van der Waals surface area contributed by atoms with Crippen molar-refractivity contribution < 1.29 is 4.79 Å². The molecule has 0 spiro atoms. The summed E-state index contributed by atoms with van der Waals surface area (Å²) in [7, 11) is 1.89. The lowest BCUT2D eigenvalue weighted by Crippen LogP contribution is -2.47. The predicted molar refractivity (Wildman–Crippen MR) is 54.8 cm³/mol. The fourth-order valence-electron chi connectivity index (χ4n) is 2.37. The van der Waals surface area contributed by atoms with Crippen LogP contribution in [0, 0.1) is 0 Å². The maximum absolute atomic E-state index is 11.7. The van der Waals surface area contributed by atoms with Crippen molar-refractivity contribution in [3.05, 3.63) is 0 Å². The van der Waals surface area contributed by atoms with E-state index in [2.05, 4.69) is 4.90 Å². The summed E-state index contributed by atoms with van der Waals surface area (Å²) in [6.07, 6.45) is 3.06. The van der Waals surface area contributed by atoms with Crippen molar-refractivity contribution in [2.24, 2.45) is 5.73 Å².